The summed E-state index contributed by atoms with van der Waals surface area (Å²) in [5, 5.41) is 3.13. The van der Waals surface area contributed by atoms with Crippen molar-refractivity contribution in [1.29, 1.82) is 0 Å². The monoisotopic (exact) mass is 290 g/mol. The molecule has 2 rings (SSSR count). The van der Waals surface area contributed by atoms with Crippen LogP contribution in [-0.2, 0) is 0 Å². The number of nitrogens with two attached hydrogens (primary N) is 1. The quantitative estimate of drug-likeness (QED) is 0.851. The molecule has 2 aromatic rings. The number of nitrogen functional groups attached to an aromatic ring is 1. The molecule has 3 N–H and O–H groups in total. The average Bonchev–Trinajstić information content (AvgIpc) is 2.43. The fourth-order valence-corrected chi connectivity index (χ4v) is 2.00. The van der Waals surface area contributed by atoms with Gasteiger partial charge in [-0.1, -0.05) is 23.7 Å². The Kier molecular flexibility index (Phi) is 4.15. The van der Waals surface area contributed by atoms with E-state index in [9.17, 15) is 4.79 Å². The summed E-state index contributed by atoms with van der Waals surface area (Å²) in [6.07, 6.45) is 0. The lowest BCUT2D eigenvalue weighted by molar-refractivity contribution is 0.102. The van der Waals surface area contributed by atoms with E-state index >= 15 is 0 Å². The number of halogens is 1. The number of para-hydroxylation sites is 1. The minimum Gasteiger partial charge on any atom is -0.495 e. The highest BCUT2D eigenvalue weighted by Gasteiger charge is 2.14. The van der Waals surface area contributed by atoms with Crippen LogP contribution in [0.15, 0.2) is 36.4 Å². The third-order valence-corrected chi connectivity index (χ3v) is 3.23. The van der Waals surface area contributed by atoms with Crippen LogP contribution in [-0.4, -0.2) is 13.0 Å². The van der Waals surface area contributed by atoms with E-state index in [0.717, 1.165) is 5.56 Å². The number of hydrogen-bond donors (Lipinski definition) is 2. The second-order valence-corrected chi connectivity index (χ2v) is 4.77. The standard InChI is InChI=1S/C15H15ClN2O2/c1-9-6-7-12(13(8-9)20-2)18-15(19)10-4-3-5-11(16)14(10)17/h3-8H,17H2,1-2H3,(H,18,19). The van der Waals surface area contributed by atoms with Crippen molar-refractivity contribution in [2.75, 3.05) is 18.2 Å². The Morgan fingerprint density at radius 1 is 1.30 bits per heavy atom. The van der Waals surface area contributed by atoms with Crippen molar-refractivity contribution >= 4 is 28.9 Å². The molecule has 20 heavy (non-hydrogen) atoms. The number of amides is 1. The van der Waals surface area contributed by atoms with Gasteiger partial charge in [-0.25, -0.2) is 0 Å². The molecule has 0 saturated heterocycles. The van der Waals surface area contributed by atoms with Gasteiger partial charge in [0.2, 0.25) is 0 Å². The summed E-state index contributed by atoms with van der Waals surface area (Å²) in [5.41, 5.74) is 8.03. The second-order valence-electron chi connectivity index (χ2n) is 4.36. The third kappa shape index (κ3) is 2.86. The van der Waals surface area contributed by atoms with Crippen LogP contribution in [0.5, 0.6) is 5.75 Å². The predicted octanol–water partition coefficient (Wildman–Crippen LogP) is 3.49. The van der Waals surface area contributed by atoms with E-state index in [4.69, 9.17) is 22.1 Å². The first-order chi connectivity index (χ1) is 9.52. The van der Waals surface area contributed by atoms with E-state index in [2.05, 4.69) is 5.32 Å². The average molecular weight is 291 g/mol. The molecular weight excluding hydrogens is 276 g/mol. The maximum absolute atomic E-state index is 12.2. The molecule has 0 heterocycles. The minimum atomic E-state index is -0.327. The summed E-state index contributed by atoms with van der Waals surface area (Å²) in [5.74, 6) is 0.270. The highest BCUT2D eigenvalue weighted by atomic mass is 35.5. The molecule has 5 heteroatoms. The van der Waals surface area contributed by atoms with Gasteiger partial charge >= 0.3 is 0 Å². The summed E-state index contributed by atoms with van der Waals surface area (Å²) in [7, 11) is 1.55. The molecule has 0 saturated carbocycles. The van der Waals surface area contributed by atoms with Crippen LogP contribution in [0.1, 0.15) is 15.9 Å². The smallest absolute Gasteiger partial charge is 0.257 e. The van der Waals surface area contributed by atoms with E-state index in [1.807, 2.05) is 19.1 Å². The highest BCUT2D eigenvalue weighted by Crippen LogP contribution is 2.28. The van der Waals surface area contributed by atoms with Gasteiger partial charge in [0.1, 0.15) is 5.75 Å². The maximum Gasteiger partial charge on any atom is 0.257 e. The first-order valence-electron chi connectivity index (χ1n) is 6.03. The molecule has 0 aliphatic rings. The van der Waals surface area contributed by atoms with Gasteiger partial charge in [-0.3, -0.25) is 4.79 Å². The van der Waals surface area contributed by atoms with Crippen molar-refractivity contribution in [3.05, 3.63) is 52.5 Å². The van der Waals surface area contributed by atoms with Gasteiger partial charge in [-0.05, 0) is 36.8 Å². The number of ether oxygens (including phenoxy) is 1. The molecular formula is C15H15ClN2O2. The first kappa shape index (κ1) is 14.2. The van der Waals surface area contributed by atoms with E-state index in [1.54, 1.807) is 31.4 Å². The van der Waals surface area contributed by atoms with Crippen LogP contribution in [0.3, 0.4) is 0 Å². The van der Waals surface area contributed by atoms with Gasteiger partial charge in [0, 0.05) is 0 Å². The Labute approximate surface area is 122 Å². The molecule has 2 aromatic carbocycles. The number of rotatable bonds is 3. The van der Waals surface area contributed by atoms with Gasteiger partial charge in [0.25, 0.3) is 5.91 Å². The van der Waals surface area contributed by atoms with Crippen molar-refractivity contribution in [2.24, 2.45) is 0 Å². The van der Waals surface area contributed by atoms with Gasteiger partial charge in [0.15, 0.2) is 0 Å². The van der Waals surface area contributed by atoms with Crippen molar-refractivity contribution in [3.63, 3.8) is 0 Å². The first-order valence-corrected chi connectivity index (χ1v) is 6.40. The van der Waals surface area contributed by atoms with Gasteiger partial charge in [0.05, 0.1) is 29.1 Å². The predicted molar refractivity (Wildman–Crippen MR) is 81.5 cm³/mol. The van der Waals surface area contributed by atoms with Crippen LogP contribution < -0.4 is 15.8 Å². The van der Waals surface area contributed by atoms with Crippen molar-refractivity contribution in [2.45, 2.75) is 6.92 Å². The number of methoxy groups -OCH3 is 1. The van der Waals surface area contributed by atoms with Crippen molar-refractivity contribution in [1.82, 2.24) is 0 Å². The fraction of sp³-hybridized carbons (Fsp3) is 0.133. The van der Waals surface area contributed by atoms with Crippen LogP contribution in [0.4, 0.5) is 11.4 Å². The van der Waals surface area contributed by atoms with Crippen LogP contribution in [0, 0.1) is 6.92 Å². The zero-order chi connectivity index (χ0) is 14.7. The molecule has 104 valence electrons. The molecule has 0 aromatic heterocycles. The maximum atomic E-state index is 12.2. The van der Waals surface area contributed by atoms with Crippen LogP contribution in [0.2, 0.25) is 5.02 Å². The molecule has 0 fully saturated rings. The number of benzene rings is 2. The van der Waals surface area contributed by atoms with Crippen molar-refractivity contribution < 1.29 is 9.53 Å². The molecule has 0 aliphatic heterocycles. The molecule has 0 bridgehead atoms. The van der Waals surface area contributed by atoms with E-state index < -0.39 is 0 Å². The normalized spacial score (nSPS) is 10.2. The molecule has 0 aliphatic carbocycles. The summed E-state index contributed by atoms with van der Waals surface area (Å²) >= 11 is 5.91. The molecule has 0 radical (unpaired) electrons. The molecule has 0 atom stereocenters. The Morgan fingerprint density at radius 2 is 2.05 bits per heavy atom. The summed E-state index contributed by atoms with van der Waals surface area (Å²) in [6, 6.07) is 10.5. The number of nitrogens with one attached hydrogen (secondary N) is 1. The lowest BCUT2D eigenvalue weighted by Crippen LogP contribution is -2.14. The Hall–Kier alpha value is -2.20. The van der Waals surface area contributed by atoms with E-state index in [1.165, 1.54) is 0 Å². The summed E-state index contributed by atoms with van der Waals surface area (Å²) in [6.45, 7) is 1.95. The topological polar surface area (TPSA) is 64.3 Å². The van der Waals surface area contributed by atoms with Gasteiger partial charge in [-0.15, -0.1) is 0 Å². The molecule has 0 unspecified atom stereocenters. The summed E-state index contributed by atoms with van der Waals surface area (Å²) in [4.78, 5) is 12.2. The zero-order valence-corrected chi connectivity index (χ0v) is 12.0. The molecule has 4 nitrogen and oxygen atoms in total. The number of carbonyl (C=O) groups excluding carboxylic acids is 1. The SMILES string of the molecule is COc1cc(C)ccc1NC(=O)c1cccc(Cl)c1N. The number of anilines is 2. The zero-order valence-electron chi connectivity index (χ0n) is 11.2. The highest BCUT2D eigenvalue weighted by molar-refractivity contribution is 6.34. The van der Waals surface area contributed by atoms with Crippen LogP contribution in [0.25, 0.3) is 0 Å². The van der Waals surface area contributed by atoms with Crippen molar-refractivity contribution in [3.8, 4) is 5.75 Å². The van der Waals surface area contributed by atoms with Crippen LogP contribution >= 0.6 is 11.6 Å². The van der Waals surface area contributed by atoms with Gasteiger partial charge in [-0.2, -0.15) is 0 Å². The molecule has 0 spiro atoms. The van der Waals surface area contributed by atoms with Gasteiger partial charge < -0.3 is 15.8 Å². The largest absolute Gasteiger partial charge is 0.495 e. The van der Waals surface area contributed by atoms with E-state index in [0.29, 0.717) is 22.0 Å². The number of aryl methyl sites for hydroxylation is 1. The number of hydrogen-bond acceptors (Lipinski definition) is 3. The Balaban J connectivity index is 2.30. The second kappa shape index (κ2) is 5.84. The third-order valence-electron chi connectivity index (χ3n) is 2.90. The Bertz CT molecular complexity index is 656. The molecule has 1 amide bonds. The fourth-order valence-electron chi connectivity index (χ4n) is 1.83. The lowest BCUT2D eigenvalue weighted by atomic mass is 10.1. The minimum absolute atomic E-state index is 0.262. The van der Waals surface area contributed by atoms with E-state index in [-0.39, 0.29) is 11.6 Å². The summed E-state index contributed by atoms with van der Waals surface area (Å²) < 4.78 is 5.24. The number of carbonyl (C=O) groups is 1. The Morgan fingerprint density at radius 3 is 2.75 bits per heavy atom. The lowest BCUT2D eigenvalue weighted by Gasteiger charge is -2.12.